The molecule has 1 aliphatic carbocycles. The second kappa shape index (κ2) is 5.94. The molecule has 0 aliphatic heterocycles. The van der Waals surface area contributed by atoms with Crippen molar-refractivity contribution in [2.75, 3.05) is 7.05 Å². The zero-order valence-electron chi connectivity index (χ0n) is 12.1. The van der Waals surface area contributed by atoms with Crippen LogP contribution in [0.25, 0.3) is 0 Å². The molecule has 1 unspecified atom stereocenters. The van der Waals surface area contributed by atoms with Crippen LogP contribution in [-0.4, -0.2) is 7.05 Å². The molecule has 1 saturated carbocycles. The fraction of sp³-hybridized carbons (Fsp3) is 0.333. The Kier molecular flexibility index (Phi) is 4.02. The summed E-state index contributed by atoms with van der Waals surface area (Å²) < 4.78 is 27.6. The van der Waals surface area contributed by atoms with E-state index in [-0.39, 0.29) is 11.9 Å². The highest BCUT2D eigenvalue weighted by atomic mass is 19.1. The van der Waals surface area contributed by atoms with Crippen LogP contribution in [0.15, 0.2) is 42.5 Å². The molecule has 0 radical (unpaired) electrons. The van der Waals surface area contributed by atoms with Gasteiger partial charge in [0.2, 0.25) is 0 Å². The summed E-state index contributed by atoms with van der Waals surface area (Å²) in [4.78, 5) is 0. The van der Waals surface area contributed by atoms with E-state index in [0.29, 0.717) is 11.5 Å². The molecule has 0 saturated heterocycles. The van der Waals surface area contributed by atoms with Crippen LogP contribution in [0.1, 0.15) is 47.9 Å². The molecule has 110 valence electrons. The van der Waals surface area contributed by atoms with E-state index < -0.39 is 5.82 Å². The van der Waals surface area contributed by atoms with Crippen LogP contribution in [0.5, 0.6) is 0 Å². The summed E-state index contributed by atoms with van der Waals surface area (Å²) in [5.74, 6) is -0.236. The zero-order chi connectivity index (χ0) is 14.8. The van der Waals surface area contributed by atoms with Crippen molar-refractivity contribution in [3.63, 3.8) is 0 Å². The lowest BCUT2D eigenvalue weighted by molar-refractivity contribution is 0.414. The van der Waals surface area contributed by atoms with E-state index in [2.05, 4.69) is 11.4 Å². The number of nitrogens with one attached hydrogen (secondary N) is 1. The first-order valence-corrected chi connectivity index (χ1v) is 7.41. The first-order chi connectivity index (χ1) is 10.2. The number of rotatable bonds is 4. The molecule has 0 spiro atoms. The predicted molar refractivity (Wildman–Crippen MR) is 80.3 cm³/mol. The largest absolute Gasteiger partial charge is 0.309 e. The standard InChI is InChI=1S/C18H19F2N/c1-21-18(16-11-13(19)9-10-17(16)20)15-8-3-2-7-14(15)12-5-4-6-12/h2-3,7-12,18,21H,4-6H2,1H3. The van der Waals surface area contributed by atoms with Crippen LogP contribution in [0.3, 0.4) is 0 Å². The highest BCUT2D eigenvalue weighted by molar-refractivity contribution is 5.40. The SMILES string of the molecule is CNC(c1cc(F)ccc1F)c1ccccc1C1CCC1. The van der Waals surface area contributed by atoms with Crippen molar-refractivity contribution in [2.45, 2.75) is 31.2 Å². The van der Waals surface area contributed by atoms with Gasteiger partial charge in [-0.2, -0.15) is 0 Å². The smallest absolute Gasteiger partial charge is 0.128 e. The topological polar surface area (TPSA) is 12.0 Å². The molecule has 2 aromatic rings. The van der Waals surface area contributed by atoms with E-state index in [1.54, 1.807) is 7.05 Å². The minimum atomic E-state index is -0.409. The Bertz CT molecular complexity index is 635. The molecule has 1 atom stereocenters. The molecule has 1 N–H and O–H groups in total. The summed E-state index contributed by atoms with van der Waals surface area (Å²) in [6.45, 7) is 0. The maximum atomic E-state index is 14.1. The Labute approximate surface area is 124 Å². The summed E-state index contributed by atoms with van der Waals surface area (Å²) in [6.07, 6.45) is 3.61. The summed E-state index contributed by atoms with van der Waals surface area (Å²) >= 11 is 0. The van der Waals surface area contributed by atoms with Gasteiger partial charge in [0.1, 0.15) is 11.6 Å². The first-order valence-electron chi connectivity index (χ1n) is 7.41. The number of hydrogen-bond acceptors (Lipinski definition) is 1. The summed E-state index contributed by atoms with van der Waals surface area (Å²) in [5.41, 5.74) is 2.67. The fourth-order valence-corrected chi connectivity index (χ4v) is 3.08. The van der Waals surface area contributed by atoms with Crippen molar-refractivity contribution >= 4 is 0 Å². The van der Waals surface area contributed by atoms with E-state index >= 15 is 0 Å². The molecular formula is C18H19F2N. The van der Waals surface area contributed by atoms with Gasteiger partial charge in [-0.25, -0.2) is 8.78 Å². The Balaban J connectivity index is 2.06. The second-order valence-electron chi connectivity index (χ2n) is 5.64. The van der Waals surface area contributed by atoms with Gasteiger partial charge in [0, 0.05) is 5.56 Å². The van der Waals surface area contributed by atoms with Crippen LogP contribution in [0, 0.1) is 11.6 Å². The van der Waals surface area contributed by atoms with Crippen molar-refractivity contribution in [3.8, 4) is 0 Å². The van der Waals surface area contributed by atoms with E-state index in [4.69, 9.17) is 0 Å². The summed E-state index contributed by atoms with van der Waals surface area (Å²) in [5, 5.41) is 3.14. The molecule has 0 amide bonds. The Morgan fingerprint density at radius 2 is 1.81 bits per heavy atom. The Hall–Kier alpha value is -1.74. The van der Waals surface area contributed by atoms with Crippen LogP contribution < -0.4 is 5.32 Å². The average Bonchev–Trinajstić information content (AvgIpc) is 2.43. The van der Waals surface area contributed by atoms with Crippen molar-refractivity contribution in [2.24, 2.45) is 0 Å². The van der Waals surface area contributed by atoms with Gasteiger partial charge in [0.15, 0.2) is 0 Å². The third-order valence-corrected chi connectivity index (χ3v) is 4.41. The van der Waals surface area contributed by atoms with Crippen LogP contribution in [-0.2, 0) is 0 Å². The normalized spacial score (nSPS) is 16.5. The zero-order valence-corrected chi connectivity index (χ0v) is 12.1. The van der Waals surface area contributed by atoms with Gasteiger partial charge in [-0.05, 0) is 55.1 Å². The predicted octanol–water partition coefficient (Wildman–Crippen LogP) is 4.54. The Morgan fingerprint density at radius 1 is 1.05 bits per heavy atom. The molecule has 2 aromatic carbocycles. The lowest BCUT2D eigenvalue weighted by Gasteiger charge is -2.30. The molecule has 3 rings (SSSR count). The van der Waals surface area contributed by atoms with Crippen molar-refractivity contribution in [3.05, 3.63) is 70.8 Å². The van der Waals surface area contributed by atoms with Crippen molar-refractivity contribution < 1.29 is 8.78 Å². The monoisotopic (exact) mass is 287 g/mol. The molecule has 0 bridgehead atoms. The molecule has 0 heterocycles. The summed E-state index contributed by atoms with van der Waals surface area (Å²) in [6, 6.07) is 11.4. The van der Waals surface area contributed by atoms with E-state index in [9.17, 15) is 8.78 Å². The van der Waals surface area contributed by atoms with Gasteiger partial charge >= 0.3 is 0 Å². The molecule has 1 nitrogen and oxygen atoms in total. The van der Waals surface area contributed by atoms with Crippen molar-refractivity contribution in [1.82, 2.24) is 5.32 Å². The molecule has 21 heavy (non-hydrogen) atoms. The third-order valence-electron chi connectivity index (χ3n) is 4.41. The average molecular weight is 287 g/mol. The van der Waals surface area contributed by atoms with Gasteiger partial charge < -0.3 is 5.32 Å². The van der Waals surface area contributed by atoms with Crippen LogP contribution >= 0.6 is 0 Å². The second-order valence-corrected chi connectivity index (χ2v) is 5.64. The quantitative estimate of drug-likeness (QED) is 0.870. The minimum Gasteiger partial charge on any atom is -0.309 e. The minimum absolute atomic E-state index is 0.322. The third kappa shape index (κ3) is 2.70. The maximum absolute atomic E-state index is 14.1. The number of hydrogen-bond donors (Lipinski definition) is 1. The molecule has 3 heteroatoms. The molecule has 1 fully saturated rings. The first kappa shape index (κ1) is 14.2. The molecule has 1 aliphatic rings. The molecule has 0 aromatic heterocycles. The number of benzene rings is 2. The highest BCUT2D eigenvalue weighted by Gasteiger charge is 2.26. The van der Waals surface area contributed by atoms with Crippen LogP contribution in [0.4, 0.5) is 8.78 Å². The van der Waals surface area contributed by atoms with E-state index in [1.165, 1.54) is 37.0 Å². The van der Waals surface area contributed by atoms with Gasteiger partial charge in [0.25, 0.3) is 0 Å². The van der Waals surface area contributed by atoms with Crippen LogP contribution in [0.2, 0.25) is 0 Å². The lowest BCUT2D eigenvalue weighted by Crippen LogP contribution is -2.22. The van der Waals surface area contributed by atoms with Crippen molar-refractivity contribution in [1.29, 1.82) is 0 Å². The van der Waals surface area contributed by atoms with Gasteiger partial charge in [-0.15, -0.1) is 0 Å². The number of halogens is 2. The maximum Gasteiger partial charge on any atom is 0.128 e. The summed E-state index contributed by atoms with van der Waals surface area (Å²) in [7, 11) is 1.78. The van der Waals surface area contributed by atoms with Gasteiger partial charge in [-0.3, -0.25) is 0 Å². The fourth-order valence-electron chi connectivity index (χ4n) is 3.08. The van der Waals surface area contributed by atoms with Gasteiger partial charge in [-0.1, -0.05) is 30.7 Å². The Morgan fingerprint density at radius 3 is 2.48 bits per heavy atom. The van der Waals surface area contributed by atoms with E-state index in [1.807, 2.05) is 18.2 Å². The molecular weight excluding hydrogens is 268 g/mol. The van der Waals surface area contributed by atoms with E-state index in [0.717, 1.165) is 11.6 Å². The van der Waals surface area contributed by atoms with Gasteiger partial charge in [0.05, 0.1) is 6.04 Å². The highest BCUT2D eigenvalue weighted by Crippen LogP contribution is 2.40. The lowest BCUT2D eigenvalue weighted by atomic mass is 9.76.